The van der Waals surface area contributed by atoms with Crippen LogP contribution in [-0.4, -0.2) is 0 Å². The first-order chi connectivity index (χ1) is 11.3. The Morgan fingerprint density at radius 3 is 2.09 bits per heavy atom. The SMILES string of the molecule is [O-]/C(=C\[n+]1ccc2cc3ccccc3cc2c1)c1ccccc1. The molecule has 0 spiro atoms. The van der Waals surface area contributed by atoms with Crippen LogP contribution in [0.25, 0.3) is 33.5 Å². The topological polar surface area (TPSA) is 26.9 Å². The molecule has 4 aromatic rings. The summed E-state index contributed by atoms with van der Waals surface area (Å²) < 4.78 is 1.83. The van der Waals surface area contributed by atoms with Crippen LogP contribution >= 0.6 is 0 Å². The lowest BCUT2D eigenvalue weighted by molar-refractivity contribution is -0.568. The highest BCUT2D eigenvalue weighted by atomic mass is 16.3. The third-order valence-electron chi connectivity index (χ3n) is 3.99. The Bertz CT molecular complexity index is 1020. The highest BCUT2D eigenvalue weighted by Crippen LogP contribution is 2.21. The molecule has 2 heteroatoms. The van der Waals surface area contributed by atoms with E-state index in [-0.39, 0.29) is 5.76 Å². The maximum atomic E-state index is 12.3. The Balaban J connectivity index is 1.81. The second-order valence-electron chi connectivity index (χ2n) is 5.58. The van der Waals surface area contributed by atoms with Gasteiger partial charge in [-0.1, -0.05) is 54.6 Å². The van der Waals surface area contributed by atoms with E-state index >= 15 is 0 Å². The van der Waals surface area contributed by atoms with Gasteiger partial charge in [-0.3, -0.25) is 0 Å². The Morgan fingerprint density at radius 1 is 0.739 bits per heavy atom. The lowest BCUT2D eigenvalue weighted by atomic mass is 10.1. The zero-order valence-corrected chi connectivity index (χ0v) is 12.5. The summed E-state index contributed by atoms with van der Waals surface area (Å²) in [7, 11) is 0. The number of aromatic nitrogens is 1. The predicted octanol–water partition coefficient (Wildman–Crippen LogP) is 3.60. The van der Waals surface area contributed by atoms with Gasteiger partial charge in [-0.05, 0) is 39.6 Å². The molecule has 110 valence electrons. The van der Waals surface area contributed by atoms with E-state index in [1.807, 2.05) is 65.5 Å². The molecule has 0 N–H and O–H groups in total. The molecule has 2 nitrogen and oxygen atoms in total. The van der Waals surface area contributed by atoms with E-state index in [2.05, 4.69) is 24.3 Å². The number of fused-ring (bicyclic) bond motifs is 2. The van der Waals surface area contributed by atoms with Gasteiger partial charge >= 0.3 is 0 Å². The second-order valence-corrected chi connectivity index (χ2v) is 5.58. The van der Waals surface area contributed by atoms with Crippen LogP contribution in [0, 0.1) is 0 Å². The largest absolute Gasteiger partial charge is 0.868 e. The summed E-state index contributed by atoms with van der Waals surface area (Å²) in [6.07, 6.45) is 5.52. The van der Waals surface area contributed by atoms with Gasteiger partial charge in [0.25, 0.3) is 0 Å². The van der Waals surface area contributed by atoms with Crippen molar-refractivity contribution in [1.82, 2.24) is 0 Å². The molecule has 3 aromatic carbocycles. The Labute approximate surface area is 134 Å². The van der Waals surface area contributed by atoms with Crippen molar-refractivity contribution in [3.05, 3.63) is 90.8 Å². The van der Waals surface area contributed by atoms with Crippen molar-refractivity contribution in [1.29, 1.82) is 0 Å². The summed E-state index contributed by atoms with van der Waals surface area (Å²) in [6.45, 7) is 0. The van der Waals surface area contributed by atoms with E-state index in [4.69, 9.17) is 0 Å². The quantitative estimate of drug-likeness (QED) is 0.315. The molecular weight excluding hydrogens is 282 g/mol. The number of rotatable bonds is 2. The van der Waals surface area contributed by atoms with E-state index in [1.165, 1.54) is 16.2 Å². The average Bonchev–Trinajstić information content (AvgIpc) is 2.60. The average molecular weight is 297 g/mol. The van der Waals surface area contributed by atoms with Crippen LogP contribution in [-0.2, 0) is 0 Å². The highest BCUT2D eigenvalue weighted by molar-refractivity contribution is 5.97. The molecule has 0 unspecified atom stereocenters. The van der Waals surface area contributed by atoms with Gasteiger partial charge in [-0.25, -0.2) is 0 Å². The summed E-state index contributed by atoms with van der Waals surface area (Å²) in [6, 6.07) is 24.0. The zero-order chi connectivity index (χ0) is 15.6. The van der Waals surface area contributed by atoms with Crippen molar-refractivity contribution in [2.75, 3.05) is 0 Å². The smallest absolute Gasteiger partial charge is 0.182 e. The first-order valence-corrected chi connectivity index (χ1v) is 7.57. The van der Waals surface area contributed by atoms with Crippen molar-refractivity contribution in [3.8, 4) is 0 Å². The number of hydrogen-bond donors (Lipinski definition) is 0. The number of nitrogens with zero attached hydrogens (tertiary/aromatic N) is 1. The molecule has 0 bridgehead atoms. The van der Waals surface area contributed by atoms with Crippen LogP contribution in [0.4, 0.5) is 0 Å². The van der Waals surface area contributed by atoms with E-state index in [0.717, 1.165) is 5.39 Å². The number of pyridine rings is 1. The van der Waals surface area contributed by atoms with E-state index in [0.29, 0.717) is 5.56 Å². The fourth-order valence-electron chi connectivity index (χ4n) is 2.79. The van der Waals surface area contributed by atoms with Gasteiger partial charge in [0, 0.05) is 11.5 Å². The van der Waals surface area contributed by atoms with Crippen molar-refractivity contribution < 1.29 is 9.67 Å². The zero-order valence-electron chi connectivity index (χ0n) is 12.5. The maximum Gasteiger partial charge on any atom is 0.182 e. The molecule has 0 amide bonds. The van der Waals surface area contributed by atoms with Crippen LogP contribution in [0.5, 0.6) is 0 Å². The fourth-order valence-corrected chi connectivity index (χ4v) is 2.79. The van der Waals surface area contributed by atoms with Gasteiger partial charge in [0.2, 0.25) is 0 Å². The molecule has 1 heterocycles. The summed E-state index contributed by atoms with van der Waals surface area (Å²) in [5.41, 5.74) is 0.693. The fraction of sp³-hybridized carbons (Fsp3) is 0. The summed E-state index contributed by atoms with van der Waals surface area (Å²) in [4.78, 5) is 0. The Hall–Kier alpha value is -3.13. The van der Waals surface area contributed by atoms with Crippen LogP contribution < -0.4 is 9.67 Å². The Kier molecular flexibility index (Phi) is 3.28. The van der Waals surface area contributed by atoms with Crippen molar-refractivity contribution in [3.63, 3.8) is 0 Å². The molecule has 0 atom stereocenters. The van der Waals surface area contributed by atoms with E-state index in [9.17, 15) is 5.11 Å². The molecule has 4 rings (SSSR count). The predicted molar refractivity (Wildman–Crippen MR) is 92.3 cm³/mol. The normalized spacial score (nSPS) is 11.9. The summed E-state index contributed by atoms with van der Waals surface area (Å²) in [5, 5.41) is 17.0. The molecule has 0 saturated heterocycles. The van der Waals surface area contributed by atoms with Gasteiger partial charge in [-0.15, -0.1) is 0 Å². The minimum Gasteiger partial charge on any atom is -0.868 e. The minimum atomic E-state index is -0.00395. The molecular formula is C21H15NO. The molecule has 23 heavy (non-hydrogen) atoms. The highest BCUT2D eigenvalue weighted by Gasteiger charge is 2.03. The third kappa shape index (κ3) is 2.67. The molecule has 0 aliphatic carbocycles. The van der Waals surface area contributed by atoms with Crippen LogP contribution in [0.3, 0.4) is 0 Å². The molecule has 0 aliphatic heterocycles. The van der Waals surface area contributed by atoms with Gasteiger partial charge in [0.1, 0.15) is 0 Å². The lowest BCUT2D eigenvalue weighted by Gasteiger charge is -2.08. The number of benzene rings is 3. The van der Waals surface area contributed by atoms with Gasteiger partial charge in [-0.2, -0.15) is 4.57 Å². The second kappa shape index (κ2) is 5.58. The first-order valence-electron chi connectivity index (χ1n) is 7.57. The molecule has 0 radical (unpaired) electrons. The van der Waals surface area contributed by atoms with E-state index < -0.39 is 0 Å². The van der Waals surface area contributed by atoms with Gasteiger partial charge in [0.15, 0.2) is 18.6 Å². The van der Waals surface area contributed by atoms with Crippen molar-refractivity contribution >= 4 is 33.5 Å². The van der Waals surface area contributed by atoms with Gasteiger partial charge < -0.3 is 5.11 Å². The molecule has 0 aliphatic rings. The lowest BCUT2D eigenvalue weighted by Crippen LogP contribution is -2.26. The van der Waals surface area contributed by atoms with Crippen molar-refractivity contribution in [2.45, 2.75) is 0 Å². The van der Waals surface area contributed by atoms with E-state index in [1.54, 1.807) is 6.20 Å². The van der Waals surface area contributed by atoms with Crippen molar-refractivity contribution in [2.24, 2.45) is 0 Å². The minimum absolute atomic E-state index is 0.00395. The third-order valence-corrected chi connectivity index (χ3v) is 3.99. The molecule has 0 saturated carbocycles. The standard InChI is InChI=1S/C21H15NO/c23-21(16-6-2-1-3-7-16)15-22-11-10-19-12-17-8-4-5-9-18(17)13-20(19)14-22/h1-15H/b21-15-. The summed E-state index contributed by atoms with van der Waals surface area (Å²) in [5.74, 6) is -0.00395. The number of hydrogen-bond acceptors (Lipinski definition) is 1. The first kappa shape index (κ1) is 13.5. The van der Waals surface area contributed by atoms with Gasteiger partial charge in [0.05, 0.1) is 0 Å². The van der Waals surface area contributed by atoms with Crippen LogP contribution in [0.2, 0.25) is 0 Å². The molecule has 1 aromatic heterocycles. The van der Waals surface area contributed by atoms with Crippen LogP contribution in [0.15, 0.2) is 85.2 Å². The maximum absolute atomic E-state index is 12.3. The Morgan fingerprint density at radius 2 is 1.35 bits per heavy atom. The monoisotopic (exact) mass is 297 g/mol. The summed E-state index contributed by atoms with van der Waals surface area (Å²) >= 11 is 0. The van der Waals surface area contributed by atoms with Crippen LogP contribution in [0.1, 0.15) is 5.56 Å². The molecule has 0 fully saturated rings.